The molecule has 110 valence electrons. The molecule has 5 nitrogen and oxygen atoms in total. The van der Waals surface area contributed by atoms with Crippen LogP contribution in [0.5, 0.6) is 5.88 Å². The number of amides is 1. The van der Waals surface area contributed by atoms with Crippen LogP contribution in [0.1, 0.15) is 18.9 Å². The van der Waals surface area contributed by atoms with Crippen LogP contribution >= 0.6 is 11.6 Å². The second kappa shape index (κ2) is 7.59. The fourth-order valence-corrected chi connectivity index (χ4v) is 1.89. The summed E-state index contributed by atoms with van der Waals surface area (Å²) >= 11 is 5.76. The first-order valence-electron chi connectivity index (χ1n) is 6.65. The van der Waals surface area contributed by atoms with Crippen molar-refractivity contribution in [3.8, 4) is 5.88 Å². The number of carbonyl (C=O) groups excluding carboxylic acids is 1. The van der Waals surface area contributed by atoms with Crippen molar-refractivity contribution in [1.82, 2.24) is 15.3 Å². The quantitative estimate of drug-likeness (QED) is 0.833. The Kier molecular flexibility index (Phi) is 5.51. The number of nitrogens with zero attached hydrogens (tertiary/aromatic N) is 2. The van der Waals surface area contributed by atoms with E-state index in [4.69, 9.17) is 16.3 Å². The van der Waals surface area contributed by atoms with Crippen molar-refractivity contribution in [2.75, 3.05) is 0 Å². The minimum atomic E-state index is -0.611. The van der Waals surface area contributed by atoms with Crippen molar-refractivity contribution in [2.24, 2.45) is 0 Å². The van der Waals surface area contributed by atoms with E-state index in [2.05, 4.69) is 15.3 Å². The highest BCUT2D eigenvalue weighted by atomic mass is 35.5. The summed E-state index contributed by atoms with van der Waals surface area (Å²) in [6.07, 6.45) is 1.22. The van der Waals surface area contributed by atoms with Crippen molar-refractivity contribution in [1.29, 1.82) is 0 Å². The molecule has 0 saturated carbocycles. The zero-order valence-electron chi connectivity index (χ0n) is 11.6. The zero-order chi connectivity index (χ0) is 15.1. The number of carbonyl (C=O) groups is 1. The second-order valence-electron chi connectivity index (χ2n) is 4.40. The number of benzene rings is 1. The Hall–Kier alpha value is -2.14. The molecule has 0 radical (unpaired) electrons. The zero-order valence-corrected chi connectivity index (χ0v) is 12.4. The molecule has 1 heterocycles. The first-order valence-corrected chi connectivity index (χ1v) is 7.02. The number of hydrogen-bond donors (Lipinski definition) is 1. The van der Waals surface area contributed by atoms with Crippen LogP contribution in [0.4, 0.5) is 0 Å². The summed E-state index contributed by atoms with van der Waals surface area (Å²) in [5, 5.41) is 3.12. The lowest BCUT2D eigenvalue weighted by atomic mass is 10.2. The van der Waals surface area contributed by atoms with Gasteiger partial charge in [0.1, 0.15) is 11.5 Å². The molecular weight excluding hydrogens is 290 g/mol. The molecule has 1 aromatic carbocycles. The SMILES string of the molecule is CCC(Oc1cc(Cl)ncn1)C(=O)NCc1ccccc1. The molecular formula is C15H16ClN3O2. The number of rotatable bonds is 6. The fraction of sp³-hybridized carbons (Fsp3) is 0.267. The lowest BCUT2D eigenvalue weighted by Gasteiger charge is -2.16. The van der Waals surface area contributed by atoms with Gasteiger partial charge in [-0.15, -0.1) is 0 Å². The number of aromatic nitrogens is 2. The monoisotopic (exact) mass is 305 g/mol. The third kappa shape index (κ3) is 4.72. The molecule has 1 aromatic heterocycles. The molecule has 0 bridgehead atoms. The number of nitrogens with one attached hydrogen (secondary N) is 1. The first-order chi connectivity index (χ1) is 10.2. The van der Waals surface area contributed by atoms with Crippen LogP contribution in [-0.4, -0.2) is 22.0 Å². The van der Waals surface area contributed by atoms with Gasteiger partial charge in [0.2, 0.25) is 5.88 Å². The fourth-order valence-electron chi connectivity index (χ4n) is 1.75. The predicted octanol–water partition coefficient (Wildman–Crippen LogP) is 2.60. The largest absolute Gasteiger partial charge is 0.464 e. The normalized spacial score (nSPS) is 11.7. The topological polar surface area (TPSA) is 64.1 Å². The molecule has 0 saturated heterocycles. The average Bonchev–Trinajstić information content (AvgIpc) is 2.51. The Morgan fingerprint density at radius 3 is 2.76 bits per heavy atom. The van der Waals surface area contributed by atoms with Crippen molar-refractivity contribution < 1.29 is 9.53 Å². The summed E-state index contributed by atoms with van der Waals surface area (Å²) in [5.41, 5.74) is 1.03. The Balaban J connectivity index is 1.92. The van der Waals surface area contributed by atoms with Gasteiger partial charge < -0.3 is 10.1 Å². The minimum Gasteiger partial charge on any atom is -0.464 e. The van der Waals surface area contributed by atoms with Crippen LogP contribution in [0, 0.1) is 0 Å². The number of ether oxygens (including phenoxy) is 1. The molecule has 2 rings (SSSR count). The molecule has 1 N–H and O–H groups in total. The van der Waals surface area contributed by atoms with Gasteiger partial charge in [0.15, 0.2) is 6.10 Å². The summed E-state index contributed by atoms with van der Waals surface area (Å²) in [6, 6.07) is 11.2. The summed E-state index contributed by atoms with van der Waals surface area (Å²) < 4.78 is 5.55. The number of halogens is 1. The summed E-state index contributed by atoms with van der Waals surface area (Å²) in [7, 11) is 0. The van der Waals surface area contributed by atoms with E-state index in [0.29, 0.717) is 13.0 Å². The smallest absolute Gasteiger partial charge is 0.261 e. The van der Waals surface area contributed by atoms with E-state index < -0.39 is 6.10 Å². The number of hydrogen-bond acceptors (Lipinski definition) is 4. The Labute approximate surface area is 128 Å². The lowest BCUT2D eigenvalue weighted by molar-refractivity contribution is -0.128. The van der Waals surface area contributed by atoms with Gasteiger partial charge in [-0.25, -0.2) is 9.97 Å². The second-order valence-corrected chi connectivity index (χ2v) is 4.78. The molecule has 0 aliphatic carbocycles. The van der Waals surface area contributed by atoms with E-state index in [9.17, 15) is 4.79 Å². The van der Waals surface area contributed by atoms with Gasteiger partial charge in [0, 0.05) is 12.6 Å². The predicted molar refractivity (Wildman–Crippen MR) is 80.0 cm³/mol. The minimum absolute atomic E-state index is 0.184. The molecule has 0 spiro atoms. The highest BCUT2D eigenvalue weighted by molar-refractivity contribution is 6.29. The molecule has 1 amide bonds. The Morgan fingerprint density at radius 1 is 1.33 bits per heavy atom. The summed E-state index contributed by atoms with van der Waals surface area (Å²) in [5.74, 6) is 0.104. The molecule has 0 aliphatic rings. The molecule has 6 heteroatoms. The Bertz CT molecular complexity index is 592. The van der Waals surface area contributed by atoms with Gasteiger partial charge in [-0.1, -0.05) is 48.9 Å². The van der Waals surface area contributed by atoms with Crippen LogP contribution in [-0.2, 0) is 11.3 Å². The van der Waals surface area contributed by atoms with Crippen LogP contribution in [0.3, 0.4) is 0 Å². The summed E-state index contributed by atoms with van der Waals surface area (Å²) in [6.45, 7) is 2.33. The van der Waals surface area contributed by atoms with E-state index >= 15 is 0 Å². The molecule has 21 heavy (non-hydrogen) atoms. The van der Waals surface area contributed by atoms with Gasteiger partial charge in [-0.3, -0.25) is 4.79 Å². The summed E-state index contributed by atoms with van der Waals surface area (Å²) in [4.78, 5) is 19.8. The van der Waals surface area contributed by atoms with Crippen LogP contribution < -0.4 is 10.1 Å². The van der Waals surface area contributed by atoms with Gasteiger partial charge in [-0.2, -0.15) is 0 Å². The van der Waals surface area contributed by atoms with Crippen LogP contribution in [0.15, 0.2) is 42.7 Å². The van der Waals surface area contributed by atoms with E-state index in [1.807, 2.05) is 37.3 Å². The van der Waals surface area contributed by atoms with Gasteiger partial charge in [0.05, 0.1) is 0 Å². The van der Waals surface area contributed by atoms with Crippen molar-refractivity contribution in [3.05, 3.63) is 53.4 Å². The molecule has 0 fully saturated rings. The van der Waals surface area contributed by atoms with E-state index in [-0.39, 0.29) is 16.9 Å². The standard InChI is InChI=1S/C15H16ClN3O2/c1-2-12(21-14-8-13(16)18-10-19-14)15(20)17-9-11-6-4-3-5-7-11/h3-8,10,12H,2,9H2,1H3,(H,17,20). The van der Waals surface area contributed by atoms with Gasteiger partial charge in [-0.05, 0) is 12.0 Å². The molecule has 1 unspecified atom stereocenters. The maximum atomic E-state index is 12.1. The highest BCUT2D eigenvalue weighted by Gasteiger charge is 2.18. The highest BCUT2D eigenvalue weighted by Crippen LogP contribution is 2.14. The molecule has 1 atom stereocenters. The average molecular weight is 306 g/mol. The first kappa shape index (κ1) is 15.3. The van der Waals surface area contributed by atoms with Crippen molar-refractivity contribution >= 4 is 17.5 Å². The third-order valence-corrected chi connectivity index (χ3v) is 3.05. The van der Waals surface area contributed by atoms with E-state index in [0.717, 1.165) is 5.56 Å². The van der Waals surface area contributed by atoms with Gasteiger partial charge in [0.25, 0.3) is 5.91 Å². The van der Waals surface area contributed by atoms with Crippen LogP contribution in [0.25, 0.3) is 0 Å². The van der Waals surface area contributed by atoms with E-state index in [1.165, 1.54) is 12.4 Å². The lowest BCUT2D eigenvalue weighted by Crippen LogP contribution is -2.37. The van der Waals surface area contributed by atoms with Gasteiger partial charge >= 0.3 is 0 Å². The maximum Gasteiger partial charge on any atom is 0.261 e. The molecule has 2 aromatic rings. The van der Waals surface area contributed by atoms with Crippen LogP contribution in [0.2, 0.25) is 5.15 Å². The van der Waals surface area contributed by atoms with Crippen molar-refractivity contribution in [3.63, 3.8) is 0 Å². The Morgan fingerprint density at radius 2 is 2.10 bits per heavy atom. The van der Waals surface area contributed by atoms with Crippen molar-refractivity contribution in [2.45, 2.75) is 26.0 Å². The maximum absolute atomic E-state index is 12.1. The molecule has 0 aliphatic heterocycles. The van der Waals surface area contributed by atoms with E-state index in [1.54, 1.807) is 0 Å². The third-order valence-electron chi connectivity index (χ3n) is 2.84.